The van der Waals surface area contributed by atoms with Gasteiger partial charge in [-0.3, -0.25) is 4.57 Å². The van der Waals surface area contributed by atoms with Crippen LogP contribution in [0.3, 0.4) is 0 Å². The lowest BCUT2D eigenvalue weighted by atomic mass is 9.97. The third-order valence-electron chi connectivity index (χ3n) is 3.14. The maximum absolute atomic E-state index is 13.9. The molecule has 1 aromatic heterocycles. The number of aliphatic hydroxyl groups excluding tert-OH is 1. The molecule has 2 heterocycles. The van der Waals surface area contributed by atoms with Crippen molar-refractivity contribution in [1.82, 2.24) is 9.55 Å². The van der Waals surface area contributed by atoms with Crippen LogP contribution in [0.1, 0.15) is 18.8 Å². The number of hydrogen-bond acceptors (Lipinski definition) is 5. The standard InChI is InChI=1S/C11H14F2N2O4/c1-6-3-4-15(9(17)14-6)8-10(2,18)7(12)11(13,5-16)19-8/h3-4,7-8,16,18H,5H2,1-2H3/t7-,8+,10+,11+/m0/s1. The molecule has 0 bridgehead atoms. The molecule has 0 aromatic carbocycles. The van der Waals surface area contributed by atoms with Gasteiger partial charge in [0.05, 0.1) is 0 Å². The summed E-state index contributed by atoms with van der Waals surface area (Å²) in [6, 6.07) is 1.44. The molecule has 1 fully saturated rings. The van der Waals surface area contributed by atoms with E-state index in [2.05, 4.69) is 4.98 Å². The highest BCUT2D eigenvalue weighted by molar-refractivity contribution is 5.05. The zero-order chi connectivity index (χ0) is 14.4. The van der Waals surface area contributed by atoms with Gasteiger partial charge in [-0.2, -0.15) is 4.98 Å². The number of aromatic nitrogens is 2. The van der Waals surface area contributed by atoms with Crippen LogP contribution in [0, 0.1) is 6.92 Å². The van der Waals surface area contributed by atoms with Crippen LogP contribution >= 0.6 is 0 Å². The third kappa shape index (κ3) is 2.05. The van der Waals surface area contributed by atoms with E-state index in [-0.39, 0.29) is 0 Å². The first-order chi connectivity index (χ1) is 8.72. The molecule has 0 amide bonds. The minimum absolute atomic E-state index is 0.421. The molecule has 0 unspecified atom stereocenters. The predicted octanol–water partition coefficient (Wildman–Crippen LogP) is -0.172. The Balaban J connectivity index is 2.48. The summed E-state index contributed by atoms with van der Waals surface area (Å²) in [5.41, 5.74) is -2.69. The molecule has 0 radical (unpaired) electrons. The van der Waals surface area contributed by atoms with Crippen LogP contribution in [0.15, 0.2) is 17.1 Å². The lowest BCUT2D eigenvalue weighted by Gasteiger charge is -2.25. The molecule has 2 N–H and O–H groups in total. The van der Waals surface area contributed by atoms with E-state index in [0.717, 1.165) is 11.5 Å². The molecule has 1 aliphatic heterocycles. The molecule has 1 saturated heterocycles. The Hall–Kier alpha value is -1.38. The van der Waals surface area contributed by atoms with Crippen molar-refractivity contribution < 1.29 is 23.7 Å². The second kappa shape index (κ2) is 4.32. The van der Waals surface area contributed by atoms with E-state index in [9.17, 15) is 18.7 Å². The maximum Gasteiger partial charge on any atom is 0.349 e. The topological polar surface area (TPSA) is 84.6 Å². The first-order valence-electron chi connectivity index (χ1n) is 5.62. The monoisotopic (exact) mass is 276 g/mol. The summed E-state index contributed by atoms with van der Waals surface area (Å²) in [6.07, 6.45) is -2.89. The lowest BCUT2D eigenvalue weighted by molar-refractivity contribution is -0.197. The molecule has 0 saturated carbocycles. The molecule has 0 aliphatic carbocycles. The molecule has 2 rings (SSSR count). The Labute approximate surface area is 107 Å². The van der Waals surface area contributed by atoms with Gasteiger partial charge in [-0.25, -0.2) is 13.6 Å². The molecule has 4 atom stereocenters. The van der Waals surface area contributed by atoms with E-state index in [0.29, 0.717) is 5.69 Å². The van der Waals surface area contributed by atoms with Crippen LogP contribution in [0.2, 0.25) is 0 Å². The fraction of sp³-hybridized carbons (Fsp3) is 0.636. The van der Waals surface area contributed by atoms with Crippen LogP contribution in [0.25, 0.3) is 0 Å². The van der Waals surface area contributed by atoms with E-state index in [4.69, 9.17) is 9.84 Å². The fourth-order valence-electron chi connectivity index (χ4n) is 2.06. The predicted molar refractivity (Wildman–Crippen MR) is 59.8 cm³/mol. The zero-order valence-corrected chi connectivity index (χ0v) is 10.4. The van der Waals surface area contributed by atoms with Gasteiger partial charge in [0.2, 0.25) is 0 Å². The lowest BCUT2D eigenvalue weighted by Crippen LogP contribution is -2.47. The number of aryl methyl sites for hydroxylation is 1. The number of rotatable bonds is 2. The Morgan fingerprint density at radius 2 is 2.26 bits per heavy atom. The van der Waals surface area contributed by atoms with Crippen molar-refractivity contribution in [3.8, 4) is 0 Å². The summed E-state index contributed by atoms with van der Waals surface area (Å²) < 4.78 is 33.3. The highest BCUT2D eigenvalue weighted by Gasteiger charge is 2.64. The molecule has 8 heteroatoms. The van der Waals surface area contributed by atoms with Gasteiger partial charge in [-0.15, -0.1) is 0 Å². The van der Waals surface area contributed by atoms with E-state index < -0.39 is 36.2 Å². The zero-order valence-electron chi connectivity index (χ0n) is 10.4. The van der Waals surface area contributed by atoms with E-state index in [1.54, 1.807) is 6.92 Å². The van der Waals surface area contributed by atoms with Crippen molar-refractivity contribution >= 4 is 0 Å². The van der Waals surface area contributed by atoms with Crippen molar-refractivity contribution in [2.75, 3.05) is 6.61 Å². The van der Waals surface area contributed by atoms with Crippen LogP contribution in [-0.4, -0.2) is 44.0 Å². The second-order valence-electron chi connectivity index (χ2n) is 4.76. The van der Waals surface area contributed by atoms with Crippen molar-refractivity contribution in [3.63, 3.8) is 0 Å². The minimum Gasteiger partial charge on any atom is -0.390 e. The number of nitrogens with zero attached hydrogens (tertiary/aromatic N) is 2. The minimum atomic E-state index is -3.06. The average molecular weight is 276 g/mol. The van der Waals surface area contributed by atoms with Crippen LogP contribution in [-0.2, 0) is 4.74 Å². The van der Waals surface area contributed by atoms with Crippen molar-refractivity contribution in [1.29, 1.82) is 0 Å². The molecule has 106 valence electrons. The quantitative estimate of drug-likeness (QED) is 0.783. The SMILES string of the molecule is Cc1ccn([C@@H]2O[C@](F)(CO)[C@@H](F)[C@@]2(C)O)c(=O)n1. The Bertz CT molecular complexity index is 548. The average Bonchev–Trinajstić information content (AvgIpc) is 2.51. The van der Waals surface area contributed by atoms with Gasteiger partial charge in [-0.05, 0) is 19.9 Å². The second-order valence-corrected chi connectivity index (χ2v) is 4.76. The van der Waals surface area contributed by atoms with Crippen molar-refractivity contribution in [2.45, 2.75) is 37.7 Å². The molecule has 19 heavy (non-hydrogen) atoms. The summed E-state index contributed by atoms with van der Waals surface area (Å²) in [5, 5.41) is 18.8. The third-order valence-corrected chi connectivity index (χ3v) is 3.14. The van der Waals surface area contributed by atoms with Gasteiger partial charge < -0.3 is 14.9 Å². The van der Waals surface area contributed by atoms with Gasteiger partial charge in [0.1, 0.15) is 12.2 Å². The van der Waals surface area contributed by atoms with Gasteiger partial charge in [-0.1, -0.05) is 0 Å². The van der Waals surface area contributed by atoms with Gasteiger partial charge in [0, 0.05) is 11.9 Å². The highest BCUT2D eigenvalue weighted by atomic mass is 19.2. The largest absolute Gasteiger partial charge is 0.390 e. The number of aliphatic hydroxyl groups is 2. The summed E-state index contributed by atoms with van der Waals surface area (Å²) in [6.45, 7) is 1.30. The first-order valence-corrected chi connectivity index (χ1v) is 5.62. The van der Waals surface area contributed by atoms with Crippen LogP contribution in [0.5, 0.6) is 0 Å². The van der Waals surface area contributed by atoms with Crippen molar-refractivity contribution in [3.05, 3.63) is 28.4 Å². The highest BCUT2D eigenvalue weighted by Crippen LogP contribution is 2.46. The van der Waals surface area contributed by atoms with Gasteiger partial charge in [0.15, 0.2) is 12.4 Å². The van der Waals surface area contributed by atoms with Crippen molar-refractivity contribution in [2.24, 2.45) is 0 Å². The van der Waals surface area contributed by atoms with E-state index in [1.807, 2.05) is 0 Å². The summed E-state index contributed by atoms with van der Waals surface area (Å²) in [5.74, 6) is -3.06. The summed E-state index contributed by atoms with van der Waals surface area (Å²) >= 11 is 0. The molecular weight excluding hydrogens is 262 g/mol. The van der Waals surface area contributed by atoms with Crippen LogP contribution in [0.4, 0.5) is 8.78 Å². The molecule has 6 nitrogen and oxygen atoms in total. The molecular formula is C11H14F2N2O4. The molecule has 0 spiro atoms. The fourth-order valence-corrected chi connectivity index (χ4v) is 2.06. The van der Waals surface area contributed by atoms with Gasteiger partial charge in [0.25, 0.3) is 5.85 Å². The summed E-state index contributed by atoms with van der Waals surface area (Å²) in [4.78, 5) is 15.3. The summed E-state index contributed by atoms with van der Waals surface area (Å²) in [7, 11) is 0. The number of ether oxygens (including phenoxy) is 1. The van der Waals surface area contributed by atoms with Crippen LogP contribution < -0.4 is 5.69 Å². The number of alkyl halides is 2. The smallest absolute Gasteiger partial charge is 0.349 e. The maximum atomic E-state index is 13.9. The Morgan fingerprint density at radius 1 is 1.63 bits per heavy atom. The molecule has 1 aromatic rings. The Kier molecular flexibility index (Phi) is 3.20. The molecule has 1 aliphatic rings. The van der Waals surface area contributed by atoms with E-state index in [1.165, 1.54) is 12.3 Å². The number of hydrogen-bond donors (Lipinski definition) is 2. The normalized spacial score (nSPS) is 38.6. The van der Waals surface area contributed by atoms with Gasteiger partial charge >= 0.3 is 5.69 Å². The first kappa shape index (κ1) is 14.0. The van der Waals surface area contributed by atoms with E-state index >= 15 is 0 Å². The Morgan fingerprint density at radius 3 is 2.74 bits per heavy atom. The number of halogens is 2.